The molecule has 1 heterocycles. The molecule has 1 saturated heterocycles. The van der Waals surface area contributed by atoms with E-state index in [1.165, 1.54) is 12.8 Å². The Kier molecular flexibility index (Phi) is 20.4. The quantitative estimate of drug-likeness (QED) is 0.568. The molecule has 0 bridgehead atoms. The number of ether oxygens (including phenoxy) is 1. The van der Waals surface area contributed by atoms with Gasteiger partial charge in [0.2, 0.25) is 0 Å². The van der Waals surface area contributed by atoms with E-state index >= 15 is 0 Å². The van der Waals surface area contributed by atoms with Crippen molar-refractivity contribution in [3.8, 4) is 0 Å². The minimum atomic E-state index is 0. The number of rotatable bonds is 0. The molecule has 21 heavy (non-hydrogen) atoms. The van der Waals surface area contributed by atoms with Gasteiger partial charge in [0, 0.05) is 51.4 Å². The maximum Gasteiger partial charge on any atom is 0.0466 e. The molecular formula is C19H23DyO. The van der Waals surface area contributed by atoms with Crippen LogP contribution in [0.5, 0.6) is 0 Å². The first kappa shape index (κ1) is 22.2. The van der Waals surface area contributed by atoms with Gasteiger partial charge in [-0.2, -0.15) is 0 Å². The summed E-state index contributed by atoms with van der Waals surface area (Å²) >= 11 is 0. The molecule has 0 aromatic rings. The molecule has 4 fully saturated rings. The number of hydrogen-bond donors (Lipinski definition) is 0. The van der Waals surface area contributed by atoms with Crippen LogP contribution in [0.4, 0.5) is 0 Å². The third kappa shape index (κ3) is 17.4. The van der Waals surface area contributed by atoms with Crippen LogP contribution in [0.1, 0.15) is 12.8 Å². The van der Waals surface area contributed by atoms with Crippen molar-refractivity contribution in [2.24, 2.45) is 0 Å². The Morgan fingerprint density at radius 3 is 0.667 bits per heavy atom. The maximum atomic E-state index is 4.94. The fourth-order valence-electron chi connectivity index (χ4n) is 1.47. The van der Waals surface area contributed by atoms with Crippen molar-refractivity contribution in [3.05, 3.63) is 96.3 Å². The van der Waals surface area contributed by atoms with Crippen molar-refractivity contribution in [3.63, 3.8) is 0 Å². The van der Waals surface area contributed by atoms with Crippen LogP contribution < -0.4 is 0 Å². The van der Waals surface area contributed by atoms with Crippen LogP contribution in [0.3, 0.4) is 0 Å². The maximum absolute atomic E-state index is 4.94. The van der Waals surface area contributed by atoms with Crippen LogP contribution in [0.2, 0.25) is 0 Å². The zero-order valence-electron chi connectivity index (χ0n) is 12.2. The van der Waals surface area contributed by atoms with Crippen molar-refractivity contribution in [1.29, 1.82) is 0 Å². The molecule has 0 aromatic heterocycles. The van der Waals surface area contributed by atoms with E-state index in [0.717, 1.165) is 13.2 Å². The third-order valence-corrected chi connectivity index (χ3v) is 2.49. The van der Waals surface area contributed by atoms with Crippen molar-refractivity contribution in [2.45, 2.75) is 12.8 Å². The Hall–Kier alpha value is 1.23. The molecule has 115 valence electrons. The van der Waals surface area contributed by atoms with Crippen molar-refractivity contribution >= 4 is 0 Å². The van der Waals surface area contributed by atoms with Crippen LogP contribution in [0, 0.1) is 134 Å². The second kappa shape index (κ2) is 19.3. The molecular weight excluding hydrogens is 407 g/mol. The van der Waals surface area contributed by atoms with Gasteiger partial charge in [0.25, 0.3) is 0 Å². The van der Waals surface area contributed by atoms with E-state index in [1.807, 2.05) is 96.3 Å². The molecule has 4 rings (SSSR count). The molecule has 0 aromatic carbocycles. The summed E-state index contributed by atoms with van der Waals surface area (Å²) < 4.78 is 4.94. The summed E-state index contributed by atoms with van der Waals surface area (Å²) in [5, 5.41) is 0. The summed E-state index contributed by atoms with van der Waals surface area (Å²) in [6, 6.07) is 0. The first-order valence-corrected chi connectivity index (χ1v) is 7.08. The Labute approximate surface area is 164 Å². The molecule has 2 heteroatoms. The van der Waals surface area contributed by atoms with E-state index in [9.17, 15) is 0 Å². The van der Waals surface area contributed by atoms with Gasteiger partial charge in [-0.25, -0.2) is 0 Å². The minimum Gasteiger partial charge on any atom is -0.381 e. The minimum absolute atomic E-state index is 0. The average molecular weight is 430 g/mol. The monoisotopic (exact) mass is 431 g/mol. The Balaban J connectivity index is 0.000000250. The summed E-state index contributed by atoms with van der Waals surface area (Å²) in [4.78, 5) is 0. The van der Waals surface area contributed by atoms with Gasteiger partial charge < -0.3 is 4.74 Å². The fraction of sp³-hybridized carbons (Fsp3) is 0.211. The van der Waals surface area contributed by atoms with E-state index in [-0.39, 0.29) is 38.2 Å². The van der Waals surface area contributed by atoms with Gasteiger partial charge in [-0.1, -0.05) is 0 Å². The predicted octanol–water partition coefficient (Wildman–Crippen LogP) is 3.86. The molecule has 3 aliphatic carbocycles. The summed E-state index contributed by atoms with van der Waals surface area (Å²) in [6.45, 7) is 2.00. The molecule has 0 spiro atoms. The average Bonchev–Trinajstić information content (AvgIpc) is 3.40. The van der Waals surface area contributed by atoms with Gasteiger partial charge in [0.05, 0.1) is 0 Å². The van der Waals surface area contributed by atoms with Crippen LogP contribution in [-0.2, 0) is 4.74 Å². The summed E-state index contributed by atoms with van der Waals surface area (Å²) in [5.74, 6) is 0. The van der Waals surface area contributed by atoms with E-state index in [1.54, 1.807) is 0 Å². The normalized spacial score (nSPS) is 22.9. The Morgan fingerprint density at radius 2 is 0.571 bits per heavy atom. The van der Waals surface area contributed by atoms with Gasteiger partial charge in [0.15, 0.2) is 0 Å². The SMILES string of the molecule is C1CCOC1.[CH]1[CH][CH][CH][CH]1.[CH]1[CH][CH][CH][CH]1.[CH]1[CH][CH][CH][CH]1.[Dy]. The number of hydrogen-bond acceptors (Lipinski definition) is 1. The first-order chi connectivity index (χ1) is 10.0. The van der Waals surface area contributed by atoms with Crippen LogP contribution >= 0.6 is 0 Å². The van der Waals surface area contributed by atoms with Gasteiger partial charge >= 0.3 is 0 Å². The largest absolute Gasteiger partial charge is 0.381 e. The predicted molar refractivity (Wildman–Crippen MR) is 84.6 cm³/mol. The van der Waals surface area contributed by atoms with Gasteiger partial charge in [-0.15, -0.1) is 0 Å². The fourth-order valence-corrected chi connectivity index (χ4v) is 1.47. The second-order valence-electron chi connectivity index (χ2n) is 4.21. The van der Waals surface area contributed by atoms with E-state index < -0.39 is 0 Å². The molecule has 1 nitrogen and oxygen atoms in total. The zero-order chi connectivity index (χ0) is 14.1. The standard InChI is InChI=1S/3C5H5.C4H8O.Dy/c4*1-2-4-5-3-1;/h3*1-5H;1-4H2;. The third-order valence-electron chi connectivity index (χ3n) is 2.49. The van der Waals surface area contributed by atoms with E-state index in [4.69, 9.17) is 4.74 Å². The molecule has 3 saturated carbocycles. The van der Waals surface area contributed by atoms with Gasteiger partial charge in [-0.3, -0.25) is 0 Å². The molecule has 15 radical (unpaired) electrons. The van der Waals surface area contributed by atoms with Crippen molar-refractivity contribution in [1.82, 2.24) is 0 Å². The Bertz CT molecular complexity index is 98.0. The second-order valence-corrected chi connectivity index (χ2v) is 4.21. The smallest absolute Gasteiger partial charge is 0.0466 e. The molecule has 0 unspecified atom stereocenters. The van der Waals surface area contributed by atoms with Gasteiger partial charge in [0.1, 0.15) is 0 Å². The molecule has 1 aliphatic heterocycles. The van der Waals surface area contributed by atoms with Gasteiger partial charge in [-0.05, 0) is 109 Å². The topological polar surface area (TPSA) is 9.23 Å². The van der Waals surface area contributed by atoms with Crippen LogP contribution in [-0.4, -0.2) is 13.2 Å². The van der Waals surface area contributed by atoms with Crippen LogP contribution in [0.25, 0.3) is 0 Å². The molecule has 0 N–H and O–H groups in total. The van der Waals surface area contributed by atoms with E-state index in [0.29, 0.717) is 0 Å². The summed E-state index contributed by atoms with van der Waals surface area (Å²) in [5.41, 5.74) is 0. The molecule has 0 amide bonds. The van der Waals surface area contributed by atoms with Crippen molar-refractivity contribution < 1.29 is 42.9 Å². The summed E-state index contributed by atoms with van der Waals surface area (Å²) in [6.07, 6.45) is 32.6. The van der Waals surface area contributed by atoms with Crippen LogP contribution in [0.15, 0.2) is 0 Å². The zero-order valence-corrected chi connectivity index (χ0v) is 14.2. The Morgan fingerprint density at radius 1 is 0.381 bits per heavy atom. The summed E-state index contributed by atoms with van der Waals surface area (Å²) in [7, 11) is 0. The van der Waals surface area contributed by atoms with Crippen molar-refractivity contribution in [2.75, 3.05) is 13.2 Å². The molecule has 4 aliphatic rings. The molecule has 0 atom stereocenters. The first-order valence-electron chi connectivity index (χ1n) is 7.08. The van der Waals surface area contributed by atoms with E-state index in [2.05, 4.69) is 0 Å².